The number of carbonyl (C=O) groups is 2. The minimum absolute atomic E-state index is 0.122. The zero-order chi connectivity index (χ0) is 14.6. The number of aromatic nitrogens is 1. The minimum atomic E-state index is -0.942. The summed E-state index contributed by atoms with van der Waals surface area (Å²) in [6.45, 7) is 5.65. The Morgan fingerprint density at radius 2 is 2.05 bits per heavy atom. The van der Waals surface area contributed by atoms with E-state index in [4.69, 9.17) is 5.11 Å². The molecule has 1 amide bonds. The molecule has 5 nitrogen and oxygen atoms in total. The summed E-state index contributed by atoms with van der Waals surface area (Å²) < 4.78 is 0.561. The van der Waals surface area contributed by atoms with Crippen LogP contribution in [0.5, 0.6) is 0 Å². The number of carboxylic acid groups (broad SMARTS) is 1. The maximum absolute atomic E-state index is 12.0. The molecular weight excluding hydrogens is 312 g/mol. The number of halogens is 1. The van der Waals surface area contributed by atoms with Crippen molar-refractivity contribution >= 4 is 27.8 Å². The highest BCUT2D eigenvalue weighted by Gasteiger charge is 2.29. The van der Waals surface area contributed by atoms with Crippen molar-refractivity contribution in [2.24, 2.45) is 5.41 Å². The van der Waals surface area contributed by atoms with Crippen molar-refractivity contribution < 1.29 is 14.7 Å². The van der Waals surface area contributed by atoms with Crippen LogP contribution in [0.15, 0.2) is 22.8 Å². The molecular formula is C13H17BrN2O3. The van der Waals surface area contributed by atoms with E-state index in [1.54, 1.807) is 18.2 Å². The molecule has 0 saturated heterocycles. The van der Waals surface area contributed by atoms with Crippen molar-refractivity contribution in [3.8, 4) is 0 Å². The molecule has 6 heteroatoms. The third-order valence-electron chi connectivity index (χ3n) is 2.68. The van der Waals surface area contributed by atoms with Gasteiger partial charge in [0, 0.05) is 6.04 Å². The number of nitrogens with one attached hydrogen (secondary N) is 1. The van der Waals surface area contributed by atoms with E-state index in [-0.39, 0.29) is 23.4 Å². The molecule has 0 bridgehead atoms. The van der Waals surface area contributed by atoms with Gasteiger partial charge in [0.15, 0.2) is 0 Å². The first kappa shape index (κ1) is 15.6. The lowest BCUT2D eigenvalue weighted by atomic mass is 9.84. The van der Waals surface area contributed by atoms with E-state index in [9.17, 15) is 9.59 Å². The molecule has 1 heterocycles. The maximum atomic E-state index is 12.0. The predicted molar refractivity (Wildman–Crippen MR) is 74.9 cm³/mol. The fourth-order valence-corrected chi connectivity index (χ4v) is 1.86. The molecule has 2 N–H and O–H groups in total. The summed E-state index contributed by atoms with van der Waals surface area (Å²) in [7, 11) is 0. The van der Waals surface area contributed by atoms with Crippen LogP contribution in [0.3, 0.4) is 0 Å². The highest BCUT2D eigenvalue weighted by molar-refractivity contribution is 9.10. The Morgan fingerprint density at radius 1 is 1.42 bits per heavy atom. The first-order valence-corrected chi connectivity index (χ1v) is 6.64. The maximum Gasteiger partial charge on any atom is 0.305 e. The number of rotatable bonds is 4. The zero-order valence-corrected chi connectivity index (χ0v) is 12.7. The second-order valence-corrected chi connectivity index (χ2v) is 6.15. The van der Waals surface area contributed by atoms with Gasteiger partial charge in [-0.1, -0.05) is 26.8 Å². The molecule has 0 saturated carbocycles. The highest BCUT2D eigenvalue weighted by Crippen LogP contribution is 2.22. The fourth-order valence-electron chi connectivity index (χ4n) is 1.52. The van der Waals surface area contributed by atoms with E-state index in [1.165, 1.54) is 0 Å². The first-order chi connectivity index (χ1) is 8.70. The van der Waals surface area contributed by atoms with Gasteiger partial charge in [0.25, 0.3) is 5.91 Å². The van der Waals surface area contributed by atoms with Gasteiger partial charge < -0.3 is 10.4 Å². The van der Waals surface area contributed by atoms with Gasteiger partial charge in [0.05, 0.1) is 6.42 Å². The third kappa shape index (κ3) is 4.98. The van der Waals surface area contributed by atoms with E-state index < -0.39 is 12.0 Å². The molecule has 0 aliphatic rings. The quantitative estimate of drug-likeness (QED) is 0.832. The number of pyridine rings is 1. The molecule has 0 fully saturated rings. The number of nitrogens with zero attached hydrogens (tertiary/aromatic N) is 1. The van der Waals surface area contributed by atoms with E-state index in [1.807, 2.05) is 20.8 Å². The molecule has 0 aromatic carbocycles. The van der Waals surface area contributed by atoms with Crippen LogP contribution in [0.25, 0.3) is 0 Å². The SMILES string of the molecule is CC(C)(C)C(CC(=O)O)NC(=O)c1cccc(Br)n1. The van der Waals surface area contributed by atoms with Crippen LogP contribution in [-0.4, -0.2) is 28.0 Å². The number of carboxylic acids is 1. The van der Waals surface area contributed by atoms with Crippen molar-refractivity contribution in [2.75, 3.05) is 0 Å². The lowest BCUT2D eigenvalue weighted by Gasteiger charge is -2.30. The Bertz CT molecular complexity index is 483. The highest BCUT2D eigenvalue weighted by atomic mass is 79.9. The van der Waals surface area contributed by atoms with Crippen molar-refractivity contribution in [1.29, 1.82) is 0 Å². The normalized spacial score (nSPS) is 12.8. The molecule has 1 atom stereocenters. The Balaban J connectivity index is 2.85. The summed E-state index contributed by atoms with van der Waals surface area (Å²) in [6.07, 6.45) is -0.122. The summed E-state index contributed by atoms with van der Waals surface area (Å²) in [5.74, 6) is -1.31. The van der Waals surface area contributed by atoms with Crippen LogP contribution in [0, 0.1) is 5.41 Å². The topological polar surface area (TPSA) is 79.3 Å². The Labute approximate surface area is 120 Å². The molecule has 104 valence electrons. The number of amides is 1. The Kier molecular flexibility index (Phi) is 5.05. The van der Waals surface area contributed by atoms with E-state index in [2.05, 4.69) is 26.2 Å². The van der Waals surface area contributed by atoms with Crippen LogP contribution in [0.4, 0.5) is 0 Å². The van der Waals surface area contributed by atoms with Crippen molar-refractivity contribution in [3.05, 3.63) is 28.5 Å². The smallest absolute Gasteiger partial charge is 0.305 e. The molecule has 1 aromatic heterocycles. The van der Waals surface area contributed by atoms with Crippen LogP contribution in [-0.2, 0) is 4.79 Å². The summed E-state index contributed by atoms with van der Waals surface area (Å²) >= 11 is 3.19. The molecule has 0 aliphatic heterocycles. The largest absolute Gasteiger partial charge is 0.481 e. The van der Waals surface area contributed by atoms with Gasteiger partial charge >= 0.3 is 5.97 Å². The zero-order valence-electron chi connectivity index (χ0n) is 11.1. The molecule has 1 aromatic rings. The number of aliphatic carboxylic acids is 1. The van der Waals surface area contributed by atoms with Gasteiger partial charge in [-0.15, -0.1) is 0 Å². The lowest BCUT2D eigenvalue weighted by molar-refractivity contribution is -0.138. The van der Waals surface area contributed by atoms with Gasteiger partial charge in [0.2, 0.25) is 0 Å². The van der Waals surface area contributed by atoms with Crippen molar-refractivity contribution in [2.45, 2.75) is 33.2 Å². The lowest BCUT2D eigenvalue weighted by Crippen LogP contribution is -2.45. The van der Waals surface area contributed by atoms with Crippen molar-refractivity contribution in [3.63, 3.8) is 0 Å². The van der Waals surface area contributed by atoms with Crippen LogP contribution >= 0.6 is 15.9 Å². The molecule has 0 spiro atoms. The Hall–Kier alpha value is -1.43. The Morgan fingerprint density at radius 3 is 2.53 bits per heavy atom. The summed E-state index contributed by atoms with van der Waals surface area (Å²) in [4.78, 5) is 26.9. The van der Waals surface area contributed by atoms with Gasteiger partial charge in [-0.3, -0.25) is 9.59 Å². The minimum Gasteiger partial charge on any atom is -0.481 e. The molecule has 0 aliphatic carbocycles. The average molecular weight is 329 g/mol. The number of hydrogen-bond donors (Lipinski definition) is 2. The van der Waals surface area contributed by atoms with Crippen LogP contribution in [0.2, 0.25) is 0 Å². The number of carbonyl (C=O) groups excluding carboxylic acids is 1. The van der Waals surface area contributed by atoms with E-state index in [0.29, 0.717) is 4.60 Å². The second-order valence-electron chi connectivity index (χ2n) is 5.34. The average Bonchev–Trinajstić information content (AvgIpc) is 2.26. The van der Waals surface area contributed by atoms with E-state index >= 15 is 0 Å². The standard InChI is InChI=1S/C13H17BrN2O3/c1-13(2,3)9(7-11(17)18)16-12(19)8-5-4-6-10(14)15-8/h4-6,9H,7H2,1-3H3,(H,16,19)(H,17,18). The molecule has 1 rings (SSSR count). The van der Waals surface area contributed by atoms with Crippen LogP contribution < -0.4 is 5.32 Å². The summed E-state index contributed by atoms with van der Waals surface area (Å²) in [5.41, 5.74) is -0.0888. The van der Waals surface area contributed by atoms with E-state index in [0.717, 1.165) is 0 Å². The molecule has 19 heavy (non-hydrogen) atoms. The monoisotopic (exact) mass is 328 g/mol. The van der Waals surface area contributed by atoms with Gasteiger partial charge in [0.1, 0.15) is 10.3 Å². The predicted octanol–water partition coefficient (Wildman–Crippen LogP) is 2.46. The molecule has 1 unspecified atom stereocenters. The van der Waals surface area contributed by atoms with Gasteiger partial charge in [-0.05, 0) is 33.5 Å². The summed E-state index contributed by atoms with van der Waals surface area (Å²) in [6, 6.07) is 4.55. The third-order valence-corrected chi connectivity index (χ3v) is 3.12. The summed E-state index contributed by atoms with van der Waals surface area (Å²) in [5, 5.41) is 11.6. The molecule has 0 radical (unpaired) electrons. The fraction of sp³-hybridized carbons (Fsp3) is 0.462. The van der Waals surface area contributed by atoms with Gasteiger partial charge in [-0.25, -0.2) is 4.98 Å². The number of hydrogen-bond acceptors (Lipinski definition) is 3. The second kappa shape index (κ2) is 6.14. The van der Waals surface area contributed by atoms with Crippen molar-refractivity contribution in [1.82, 2.24) is 10.3 Å². The van der Waals surface area contributed by atoms with Gasteiger partial charge in [-0.2, -0.15) is 0 Å². The first-order valence-electron chi connectivity index (χ1n) is 5.85. The van der Waals surface area contributed by atoms with Crippen LogP contribution in [0.1, 0.15) is 37.7 Å².